The van der Waals surface area contributed by atoms with Crippen molar-refractivity contribution in [2.24, 2.45) is 13.0 Å². The van der Waals surface area contributed by atoms with Gasteiger partial charge < -0.3 is 14.0 Å². The Bertz CT molecular complexity index is 1320. The van der Waals surface area contributed by atoms with Gasteiger partial charge in [0.2, 0.25) is 5.88 Å². The second-order valence-electron chi connectivity index (χ2n) is 7.94. The molecule has 0 aromatic carbocycles. The number of ether oxygens (including phenoxy) is 2. The summed E-state index contributed by atoms with van der Waals surface area (Å²) in [4.78, 5) is 25.3. The van der Waals surface area contributed by atoms with Gasteiger partial charge >= 0.3 is 0 Å². The van der Waals surface area contributed by atoms with E-state index >= 15 is 0 Å². The fourth-order valence-corrected chi connectivity index (χ4v) is 4.49. The number of rotatable bonds is 7. The van der Waals surface area contributed by atoms with E-state index in [1.54, 1.807) is 20.2 Å². The first-order valence-corrected chi connectivity index (χ1v) is 11.9. The number of hydrogen-bond donors (Lipinski definition) is 0. The number of aromatic nitrogens is 4. The molecule has 9 nitrogen and oxygen atoms in total. The molecule has 0 saturated heterocycles. The lowest BCUT2D eigenvalue weighted by Gasteiger charge is -2.14. The molecular weight excluding hydrogens is 432 g/mol. The number of nitrogens with zero attached hydrogens (tertiary/aromatic N) is 4. The summed E-state index contributed by atoms with van der Waals surface area (Å²) < 4.78 is 37.2. The summed E-state index contributed by atoms with van der Waals surface area (Å²) in [7, 11) is -0.502. The van der Waals surface area contributed by atoms with Crippen LogP contribution >= 0.6 is 0 Å². The average molecular weight is 457 g/mol. The van der Waals surface area contributed by atoms with Gasteiger partial charge in [-0.15, -0.1) is 0 Å². The van der Waals surface area contributed by atoms with E-state index < -0.39 is 9.84 Å². The van der Waals surface area contributed by atoms with Crippen molar-refractivity contribution in [3.63, 3.8) is 0 Å². The fraction of sp³-hybridized carbons (Fsp3) is 0.364. The highest BCUT2D eigenvalue weighted by Crippen LogP contribution is 2.47. The van der Waals surface area contributed by atoms with Crippen LogP contribution in [0, 0.1) is 12.8 Å². The molecule has 0 amide bonds. The van der Waals surface area contributed by atoms with E-state index in [2.05, 4.69) is 15.0 Å². The number of aryl methyl sites for hydroxylation is 2. The Morgan fingerprint density at radius 3 is 2.62 bits per heavy atom. The summed E-state index contributed by atoms with van der Waals surface area (Å²) in [6.45, 7) is 2.11. The number of pyridine rings is 2. The molecule has 10 heteroatoms. The van der Waals surface area contributed by atoms with Gasteiger partial charge in [0, 0.05) is 54.9 Å². The molecule has 1 saturated carbocycles. The molecule has 0 N–H and O–H groups in total. The summed E-state index contributed by atoms with van der Waals surface area (Å²) in [6, 6.07) is 5.10. The molecule has 2 atom stereocenters. The molecule has 3 aromatic rings. The number of sulfone groups is 1. The number of hydrogen-bond acceptors (Lipinski definition) is 8. The van der Waals surface area contributed by atoms with Crippen LogP contribution in [0.5, 0.6) is 11.6 Å². The van der Waals surface area contributed by atoms with Crippen LogP contribution in [-0.2, 0) is 16.9 Å². The second-order valence-corrected chi connectivity index (χ2v) is 9.93. The highest BCUT2D eigenvalue weighted by molar-refractivity contribution is 7.90. The van der Waals surface area contributed by atoms with Gasteiger partial charge in [-0.3, -0.25) is 9.78 Å². The minimum atomic E-state index is -3.61. The lowest BCUT2D eigenvalue weighted by atomic mass is 10.1. The van der Waals surface area contributed by atoms with Crippen molar-refractivity contribution in [3.8, 4) is 22.8 Å². The summed E-state index contributed by atoms with van der Waals surface area (Å²) >= 11 is 0. The Morgan fingerprint density at radius 2 is 1.97 bits per heavy atom. The maximum Gasteiger partial charge on any atom is 0.250 e. The third-order valence-corrected chi connectivity index (χ3v) is 6.61. The van der Waals surface area contributed by atoms with E-state index in [9.17, 15) is 13.2 Å². The Kier molecular flexibility index (Phi) is 5.72. The molecule has 0 bridgehead atoms. The maximum absolute atomic E-state index is 12.4. The van der Waals surface area contributed by atoms with Gasteiger partial charge in [-0.2, -0.15) is 4.98 Å². The van der Waals surface area contributed by atoms with E-state index in [4.69, 9.17) is 9.47 Å². The number of methoxy groups -OCH3 is 1. The fourth-order valence-electron chi connectivity index (χ4n) is 3.57. The first-order valence-electron chi connectivity index (χ1n) is 10.0. The molecule has 3 aromatic heterocycles. The highest BCUT2D eigenvalue weighted by atomic mass is 32.2. The van der Waals surface area contributed by atoms with Crippen LogP contribution in [0.1, 0.15) is 23.9 Å². The van der Waals surface area contributed by atoms with Crippen LogP contribution in [0.2, 0.25) is 0 Å². The van der Waals surface area contributed by atoms with Crippen molar-refractivity contribution in [1.82, 2.24) is 19.5 Å². The summed E-state index contributed by atoms with van der Waals surface area (Å²) in [5.74, 6) is 1.99. The monoisotopic (exact) mass is 456 g/mol. The molecule has 3 heterocycles. The predicted octanol–water partition coefficient (Wildman–Crippen LogP) is 2.14. The Balaban J connectivity index is 1.61. The van der Waals surface area contributed by atoms with Crippen LogP contribution < -0.4 is 15.0 Å². The Labute approximate surface area is 186 Å². The van der Waals surface area contributed by atoms with Gasteiger partial charge in [0.05, 0.1) is 30.4 Å². The smallest absolute Gasteiger partial charge is 0.250 e. The minimum Gasteiger partial charge on any atom is -0.495 e. The van der Waals surface area contributed by atoms with Crippen molar-refractivity contribution in [2.45, 2.75) is 24.2 Å². The van der Waals surface area contributed by atoms with Crippen LogP contribution in [-0.4, -0.2) is 47.9 Å². The zero-order valence-electron chi connectivity index (χ0n) is 18.3. The molecular formula is C22H24N4O5S. The third-order valence-electron chi connectivity index (χ3n) is 5.49. The van der Waals surface area contributed by atoms with Gasteiger partial charge in [0.25, 0.3) is 5.56 Å². The quantitative estimate of drug-likeness (QED) is 0.531. The van der Waals surface area contributed by atoms with Crippen molar-refractivity contribution in [3.05, 3.63) is 58.7 Å². The Morgan fingerprint density at radius 1 is 1.19 bits per heavy atom. The molecule has 168 valence electrons. The highest BCUT2D eigenvalue weighted by Gasteiger charge is 2.40. The van der Waals surface area contributed by atoms with Crippen molar-refractivity contribution < 1.29 is 17.9 Å². The normalized spacial score (nSPS) is 17.8. The van der Waals surface area contributed by atoms with Crippen LogP contribution in [0.15, 0.2) is 46.5 Å². The summed E-state index contributed by atoms with van der Waals surface area (Å²) in [6.07, 6.45) is 6.53. The first kappa shape index (κ1) is 21.9. The van der Waals surface area contributed by atoms with Gasteiger partial charge in [-0.05, 0) is 25.5 Å². The molecule has 1 aliphatic carbocycles. The molecule has 0 spiro atoms. The minimum absolute atomic E-state index is 0.0173. The van der Waals surface area contributed by atoms with Gasteiger partial charge in [0.15, 0.2) is 9.84 Å². The van der Waals surface area contributed by atoms with E-state index in [1.807, 2.05) is 12.1 Å². The van der Waals surface area contributed by atoms with Crippen LogP contribution in [0.4, 0.5) is 0 Å². The maximum atomic E-state index is 12.4. The summed E-state index contributed by atoms with van der Waals surface area (Å²) in [5.41, 5.74) is 1.24. The van der Waals surface area contributed by atoms with Crippen LogP contribution in [0.25, 0.3) is 11.1 Å². The largest absolute Gasteiger partial charge is 0.495 e. The molecule has 32 heavy (non-hydrogen) atoms. The lowest BCUT2D eigenvalue weighted by Crippen LogP contribution is -2.18. The second kappa shape index (κ2) is 8.34. The van der Waals surface area contributed by atoms with E-state index in [1.165, 1.54) is 30.1 Å². The summed E-state index contributed by atoms with van der Waals surface area (Å²) in [5, 5.41) is 0. The zero-order chi connectivity index (χ0) is 23.0. The van der Waals surface area contributed by atoms with Gasteiger partial charge in [0.1, 0.15) is 11.6 Å². The Hall–Kier alpha value is -3.27. The predicted molar refractivity (Wildman–Crippen MR) is 118 cm³/mol. The first-order chi connectivity index (χ1) is 15.2. The SMILES string of the molecule is COc1ccc([C@H]2C[C@@H]2COc2nc(C)ncc2-c2cc(=O)n(C)cc2S(C)(=O)=O)nc1. The third kappa shape index (κ3) is 4.50. The molecule has 0 unspecified atom stereocenters. The van der Waals surface area contributed by atoms with E-state index in [0.717, 1.165) is 18.4 Å². The zero-order valence-corrected chi connectivity index (χ0v) is 19.1. The van der Waals surface area contributed by atoms with Gasteiger partial charge in [-0.1, -0.05) is 0 Å². The average Bonchev–Trinajstić information content (AvgIpc) is 3.53. The van der Waals surface area contributed by atoms with Crippen molar-refractivity contribution in [2.75, 3.05) is 20.0 Å². The lowest BCUT2D eigenvalue weighted by molar-refractivity contribution is 0.285. The molecule has 1 fully saturated rings. The topological polar surface area (TPSA) is 113 Å². The molecule has 4 rings (SSSR count). The van der Waals surface area contributed by atoms with E-state index in [0.29, 0.717) is 23.7 Å². The standard InChI is InChI=1S/C22H24N4O5S/c1-13-23-10-18(17-8-21(27)26(2)11-20(17)32(4,28)29)22(25-13)31-12-14-7-16(14)19-6-5-15(30-3)9-24-19/h5-6,8-11,14,16H,7,12H2,1-4H3/t14-,16+/m1/s1. The molecule has 1 aliphatic rings. The molecule has 0 aliphatic heterocycles. The van der Waals surface area contributed by atoms with E-state index in [-0.39, 0.29) is 33.7 Å². The van der Waals surface area contributed by atoms with Crippen molar-refractivity contribution >= 4 is 9.84 Å². The van der Waals surface area contributed by atoms with Crippen LogP contribution in [0.3, 0.4) is 0 Å². The van der Waals surface area contributed by atoms with Crippen molar-refractivity contribution in [1.29, 1.82) is 0 Å². The molecule has 0 radical (unpaired) electrons. The van der Waals surface area contributed by atoms with Gasteiger partial charge in [-0.25, -0.2) is 13.4 Å².